The minimum absolute atomic E-state index is 0.447. The molecule has 0 aliphatic carbocycles. The van der Waals surface area contributed by atoms with Gasteiger partial charge in [0.1, 0.15) is 10.8 Å². The number of hydrogen-bond acceptors (Lipinski definition) is 4. The first-order valence-corrected chi connectivity index (χ1v) is 5.79. The third-order valence-corrected chi connectivity index (χ3v) is 2.95. The van der Waals surface area contributed by atoms with Crippen molar-refractivity contribution in [2.75, 3.05) is 5.32 Å². The quantitative estimate of drug-likeness (QED) is 0.694. The molecule has 0 aromatic carbocycles. The number of nitrogens with one attached hydrogen (secondary N) is 2. The van der Waals surface area contributed by atoms with E-state index in [1.165, 1.54) is 0 Å². The van der Waals surface area contributed by atoms with E-state index in [4.69, 9.17) is 11.6 Å². The fourth-order valence-electron chi connectivity index (χ4n) is 1.62. The zero-order valence-corrected chi connectivity index (χ0v) is 10.4. The summed E-state index contributed by atoms with van der Waals surface area (Å²) in [6.07, 6.45) is 5.25. The van der Waals surface area contributed by atoms with Gasteiger partial charge < -0.3 is 10.3 Å². The van der Waals surface area contributed by atoms with Crippen LogP contribution in [0.3, 0.4) is 0 Å². The zero-order chi connectivity index (χ0) is 12.5. The van der Waals surface area contributed by atoms with E-state index in [2.05, 4.69) is 25.3 Å². The van der Waals surface area contributed by atoms with Crippen molar-refractivity contribution >= 4 is 34.3 Å². The largest absolute Gasteiger partial charge is 0.346 e. The Morgan fingerprint density at radius 2 is 2.17 bits per heavy atom. The molecule has 0 bridgehead atoms. The fourth-order valence-corrected chi connectivity index (χ4v) is 1.75. The van der Waals surface area contributed by atoms with Gasteiger partial charge in [0.05, 0.1) is 11.9 Å². The van der Waals surface area contributed by atoms with Gasteiger partial charge in [-0.2, -0.15) is 0 Å². The molecule has 0 amide bonds. The van der Waals surface area contributed by atoms with Crippen molar-refractivity contribution in [3.05, 3.63) is 41.4 Å². The van der Waals surface area contributed by atoms with E-state index in [1.807, 2.05) is 25.3 Å². The Labute approximate surface area is 108 Å². The van der Waals surface area contributed by atoms with E-state index in [-0.39, 0.29) is 0 Å². The van der Waals surface area contributed by atoms with E-state index in [0.717, 1.165) is 22.3 Å². The fraction of sp³-hybridized carbons (Fsp3) is 0.0833. The lowest BCUT2D eigenvalue weighted by Crippen LogP contribution is -1.98. The molecule has 0 radical (unpaired) electrons. The van der Waals surface area contributed by atoms with Crippen molar-refractivity contribution in [3.63, 3.8) is 0 Å². The van der Waals surface area contributed by atoms with Gasteiger partial charge in [0, 0.05) is 23.3 Å². The molecule has 0 aliphatic rings. The maximum Gasteiger partial charge on any atom is 0.228 e. The summed E-state index contributed by atoms with van der Waals surface area (Å²) < 4.78 is 0. The Balaban J connectivity index is 1.92. The molecule has 6 heteroatoms. The number of rotatable bonds is 2. The Morgan fingerprint density at radius 3 is 3.00 bits per heavy atom. The molecule has 0 atom stereocenters. The summed E-state index contributed by atoms with van der Waals surface area (Å²) in [5, 5.41) is 4.54. The van der Waals surface area contributed by atoms with Crippen LogP contribution in [0.4, 0.5) is 11.6 Å². The second kappa shape index (κ2) is 4.27. The molecule has 5 nitrogen and oxygen atoms in total. The maximum absolute atomic E-state index is 5.95. The van der Waals surface area contributed by atoms with Gasteiger partial charge in [0.25, 0.3) is 0 Å². The molecule has 0 unspecified atom stereocenters. The number of aromatic amines is 1. The van der Waals surface area contributed by atoms with Gasteiger partial charge in [-0.1, -0.05) is 11.6 Å². The topological polar surface area (TPSA) is 66.5 Å². The summed E-state index contributed by atoms with van der Waals surface area (Å²) >= 11 is 5.95. The average molecular weight is 260 g/mol. The van der Waals surface area contributed by atoms with Crippen molar-refractivity contribution in [2.45, 2.75) is 6.92 Å². The summed E-state index contributed by atoms with van der Waals surface area (Å²) in [6, 6.07) is 3.92. The molecule has 0 fully saturated rings. The number of aryl methyl sites for hydroxylation is 1. The Bertz CT molecular complexity index is 707. The van der Waals surface area contributed by atoms with Crippen LogP contribution in [0, 0.1) is 6.92 Å². The number of anilines is 2. The van der Waals surface area contributed by atoms with Crippen LogP contribution in [0.5, 0.6) is 0 Å². The van der Waals surface area contributed by atoms with Gasteiger partial charge in [-0.25, -0.2) is 15.0 Å². The van der Waals surface area contributed by atoms with Gasteiger partial charge in [-0.05, 0) is 19.1 Å². The summed E-state index contributed by atoms with van der Waals surface area (Å²) in [5.41, 5.74) is 2.52. The van der Waals surface area contributed by atoms with Crippen LogP contribution in [-0.4, -0.2) is 19.9 Å². The molecule has 2 N–H and O–H groups in total. The lowest BCUT2D eigenvalue weighted by Gasteiger charge is -2.05. The summed E-state index contributed by atoms with van der Waals surface area (Å²) in [6.45, 7) is 1.86. The molecular formula is C12H10ClN5. The molecule has 18 heavy (non-hydrogen) atoms. The van der Waals surface area contributed by atoms with E-state index < -0.39 is 0 Å². The molecule has 0 aliphatic heterocycles. The van der Waals surface area contributed by atoms with Crippen molar-refractivity contribution < 1.29 is 0 Å². The highest BCUT2D eigenvalue weighted by molar-refractivity contribution is 6.30. The van der Waals surface area contributed by atoms with Gasteiger partial charge in [0.2, 0.25) is 5.95 Å². The minimum Gasteiger partial charge on any atom is -0.346 e. The summed E-state index contributed by atoms with van der Waals surface area (Å²) in [4.78, 5) is 15.6. The second-order valence-electron chi connectivity index (χ2n) is 3.93. The molecule has 3 aromatic heterocycles. The molecule has 0 spiro atoms. The first-order valence-electron chi connectivity index (χ1n) is 5.42. The SMILES string of the molecule is Cc1cnc(Nc2cnc3[nH]ccc3c2)nc1Cl. The first kappa shape index (κ1) is 11.0. The van der Waals surface area contributed by atoms with Gasteiger partial charge >= 0.3 is 0 Å². The third-order valence-electron chi connectivity index (χ3n) is 2.57. The highest BCUT2D eigenvalue weighted by Crippen LogP contribution is 2.19. The van der Waals surface area contributed by atoms with Gasteiger partial charge in [-0.15, -0.1) is 0 Å². The van der Waals surface area contributed by atoms with E-state index in [1.54, 1.807) is 12.4 Å². The van der Waals surface area contributed by atoms with E-state index in [9.17, 15) is 0 Å². The van der Waals surface area contributed by atoms with Crippen LogP contribution >= 0.6 is 11.6 Å². The number of fused-ring (bicyclic) bond motifs is 1. The molecule has 90 valence electrons. The van der Waals surface area contributed by atoms with Crippen LogP contribution in [0.25, 0.3) is 11.0 Å². The van der Waals surface area contributed by atoms with Crippen LogP contribution in [0.1, 0.15) is 5.56 Å². The van der Waals surface area contributed by atoms with Crippen LogP contribution < -0.4 is 5.32 Å². The lowest BCUT2D eigenvalue weighted by atomic mass is 10.3. The predicted octanol–water partition coefficient (Wildman–Crippen LogP) is 3.06. The van der Waals surface area contributed by atoms with Crippen molar-refractivity contribution in [1.82, 2.24) is 19.9 Å². The zero-order valence-electron chi connectivity index (χ0n) is 9.61. The molecule has 0 saturated carbocycles. The van der Waals surface area contributed by atoms with Crippen molar-refractivity contribution in [1.29, 1.82) is 0 Å². The smallest absolute Gasteiger partial charge is 0.228 e. The number of nitrogens with zero attached hydrogens (tertiary/aromatic N) is 3. The maximum atomic E-state index is 5.95. The number of pyridine rings is 1. The van der Waals surface area contributed by atoms with Crippen molar-refractivity contribution in [2.24, 2.45) is 0 Å². The van der Waals surface area contributed by atoms with Crippen LogP contribution in [0.2, 0.25) is 5.15 Å². The number of H-pyrrole nitrogens is 1. The van der Waals surface area contributed by atoms with Crippen molar-refractivity contribution in [3.8, 4) is 0 Å². The minimum atomic E-state index is 0.447. The standard InChI is InChI=1S/C12H10ClN5/c1-7-5-16-12(18-10(7)13)17-9-4-8-2-3-14-11(8)15-6-9/h2-6H,1H3,(H,14,15)(H,16,17,18). The molecule has 3 aromatic rings. The number of aromatic nitrogens is 4. The Kier molecular flexibility index (Phi) is 2.60. The van der Waals surface area contributed by atoms with Crippen LogP contribution in [0.15, 0.2) is 30.7 Å². The van der Waals surface area contributed by atoms with Gasteiger partial charge in [-0.3, -0.25) is 0 Å². The Morgan fingerprint density at radius 1 is 1.28 bits per heavy atom. The number of hydrogen-bond donors (Lipinski definition) is 2. The lowest BCUT2D eigenvalue weighted by molar-refractivity contribution is 1.13. The highest BCUT2D eigenvalue weighted by atomic mass is 35.5. The molecular weight excluding hydrogens is 250 g/mol. The molecule has 3 rings (SSSR count). The first-order chi connectivity index (χ1) is 8.72. The normalized spacial score (nSPS) is 10.8. The van der Waals surface area contributed by atoms with E-state index in [0.29, 0.717) is 11.1 Å². The third kappa shape index (κ3) is 2.00. The molecule has 3 heterocycles. The number of halogens is 1. The average Bonchev–Trinajstić information content (AvgIpc) is 2.81. The Hall–Kier alpha value is -2.14. The van der Waals surface area contributed by atoms with E-state index >= 15 is 0 Å². The monoisotopic (exact) mass is 259 g/mol. The molecule has 0 saturated heterocycles. The summed E-state index contributed by atoms with van der Waals surface area (Å²) in [5.74, 6) is 0.460. The second-order valence-corrected chi connectivity index (χ2v) is 4.29. The summed E-state index contributed by atoms with van der Waals surface area (Å²) in [7, 11) is 0. The van der Waals surface area contributed by atoms with Crippen LogP contribution in [-0.2, 0) is 0 Å². The highest BCUT2D eigenvalue weighted by Gasteiger charge is 2.03. The van der Waals surface area contributed by atoms with Gasteiger partial charge in [0.15, 0.2) is 0 Å². The predicted molar refractivity (Wildman–Crippen MR) is 71.2 cm³/mol.